The van der Waals surface area contributed by atoms with E-state index < -0.39 is 5.54 Å². The minimum absolute atomic E-state index is 0.215. The van der Waals surface area contributed by atoms with Crippen LogP contribution in [0.1, 0.15) is 26.2 Å². The van der Waals surface area contributed by atoms with Gasteiger partial charge in [-0.2, -0.15) is 11.8 Å². The molecule has 0 aromatic heterocycles. The van der Waals surface area contributed by atoms with Gasteiger partial charge >= 0.3 is 5.97 Å². The van der Waals surface area contributed by atoms with Crippen LogP contribution < -0.4 is 5.32 Å². The lowest BCUT2D eigenvalue weighted by Crippen LogP contribution is -2.48. The Balaban J connectivity index is 2.25. The zero-order chi connectivity index (χ0) is 14.3. The standard InChI is InChI=1S/C13H24N2O3S/c1-13(14-2,12(17)18-3)6-9-19-10-11(16)15-7-4-5-8-15/h14H,4-10H2,1-3H3. The van der Waals surface area contributed by atoms with Crippen LogP contribution in [0.4, 0.5) is 0 Å². The summed E-state index contributed by atoms with van der Waals surface area (Å²) in [6.07, 6.45) is 2.89. The van der Waals surface area contributed by atoms with Crippen molar-refractivity contribution in [1.29, 1.82) is 0 Å². The first-order valence-corrected chi connectivity index (χ1v) is 7.82. The van der Waals surface area contributed by atoms with Crippen LogP contribution in [0, 0.1) is 0 Å². The van der Waals surface area contributed by atoms with E-state index >= 15 is 0 Å². The number of esters is 1. The minimum Gasteiger partial charge on any atom is -0.468 e. The molecular weight excluding hydrogens is 264 g/mol. The summed E-state index contributed by atoms with van der Waals surface area (Å²) in [7, 11) is 3.14. The first kappa shape index (κ1) is 16.3. The maximum Gasteiger partial charge on any atom is 0.325 e. The normalized spacial score (nSPS) is 18.2. The summed E-state index contributed by atoms with van der Waals surface area (Å²) in [5.41, 5.74) is -0.668. The predicted molar refractivity (Wildman–Crippen MR) is 77.2 cm³/mol. The van der Waals surface area contributed by atoms with Gasteiger partial charge in [0.1, 0.15) is 5.54 Å². The molecule has 0 aromatic carbocycles. The first-order chi connectivity index (χ1) is 9.03. The third-order valence-electron chi connectivity index (χ3n) is 3.62. The van der Waals surface area contributed by atoms with Gasteiger partial charge in [-0.1, -0.05) is 0 Å². The smallest absolute Gasteiger partial charge is 0.325 e. The Morgan fingerprint density at radius 1 is 1.37 bits per heavy atom. The third kappa shape index (κ3) is 4.69. The molecule has 1 aliphatic heterocycles. The molecule has 0 spiro atoms. The van der Waals surface area contributed by atoms with E-state index in [4.69, 9.17) is 4.74 Å². The van der Waals surface area contributed by atoms with E-state index in [9.17, 15) is 9.59 Å². The number of carbonyl (C=O) groups is 2. The summed E-state index contributed by atoms with van der Waals surface area (Å²) in [6, 6.07) is 0. The number of likely N-dealkylation sites (N-methyl/N-ethyl adjacent to an activating group) is 1. The molecule has 0 radical (unpaired) electrons. The number of carbonyl (C=O) groups excluding carboxylic acids is 2. The molecule has 1 aliphatic rings. The Bertz CT molecular complexity index is 319. The lowest BCUT2D eigenvalue weighted by molar-refractivity contribution is -0.147. The number of amides is 1. The summed E-state index contributed by atoms with van der Waals surface area (Å²) >= 11 is 1.58. The minimum atomic E-state index is -0.668. The van der Waals surface area contributed by atoms with Gasteiger partial charge < -0.3 is 15.0 Å². The molecule has 110 valence electrons. The fourth-order valence-electron chi connectivity index (χ4n) is 2.05. The van der Waals surface area contributed by atoms with E-state index in [1.165, 1.54) is 7.11 Å². The second-order valence-corrected chi connectivity index (χ2v) is 6.07. The van der Waals surface area contributed by atoms with Gasteiger partial charge in [0.05, 0.1) is 12.9 Å². The molecule has 1 atom stereocenters. The van der Waals surface area contributed by atoms with Gasteiger partial charge in [0.25, 0.3) is 0 Å². The summed E-state index contributed by atoms with van der Waals surface area (Å²) in [4.78, 5) is 25.4. The van der Waals surface area contributed by atoms with E-state index in [0.29, 0.717) is 12.2 Å². The highest BCUT2D eigenvalue weighted by Crippen LogP contribution is 2.17. The van der Waals surface area contributed by atoms with Crippen LogP contribution in [0.2, 0.25) is 0 Å². The maximum atomic E-state index is 11.8. The van der Waals surface area contributed by atoms with Gasteiger partial charge in [-0.3, -0.25) is 9.59 Å². The maximum absolute atomic E-state index is 11.8. The van der Waals surface area contributed by atoms with Crippen molar-refractivity contribution in [2.75, 3.05) is 38.8 Å². The van der Waals surface area contributed by atoms with Crippen molar-refractivity contribution < 1.29 is 14.3 Å². The fraction of sp³-hybridized carbons (Fsp3) is 0.846. The molecule has 1 unspecified atom stereocenters. The average Bonchev–Trinajstić information content (AvgIpc) is 2.96. The molecule has 0 bridgehead atoms. The summed E-state index contributed by atoms with van der Waals surface area (Å²) < 4.78 is 4.78. The van der Waals surface area contributed by atoms with Crippen molar-refractivity contribution >= 4 is 23.6 Å². The number of hydrogen-bond acceptors (Lipinski definition) is 5. The second-order valence-electron chi connectivity index (χ2n) is 4.96. The number of methoxy groups -OCH3 is 1. The number of thioether (sulfide) groups is 1. The van der Waals surface area contributed by atoms with E-state index in [0.717, 1.165) is 31.7 Å². The van der Waals surface area contributed by atoms with E-state index in [2.05, 4.69) is 5.32 Å². The number of nitrogens with zero attached hydrogens (tertiary/aromatic N) is 1. The molecule has 1 heterocycles. The van der Waals surface area contributed by atoms with Gasteiger partial charge in [-0.05, 0) is 39.0 Å². The largest absolute Gasteiger partial charge is 0.468 e. The highest BCUT2D eigenvalue weighted by molar-refractivity contribution is 7.99. The lowest BCUT2D eigenvalue weighted by atomic mass is 10.00. The number of nitrogens with one attached hydrogen (secondary N) is 1. The fourth-order valence-corrected chi connectivity index (χ4v) is 3.10. The molecule has 1 N–H and O–H groups in total. The molecule has 1 rings (SSSR count). The monoisotopic (exact) mass is 288 g/mol. The molecule has 1 fully saturated rings. The molecule has 19 heavy (non-hydrogen) atoms. The van der Waals surface area contributed by atoms with Gasteiger partial charge in [-0.25, -0.2) is 0 Å². The third-order valence-corrected chi connectivity index (χ3v) is 4.56. The highest BCUT2D eigenvalue weighted by atomic mass is 32.2. The van der Waals surface area contributed by atoms with Crippen LogP contribution in [0.3, 0.4) is 0 Å². The lowest BCUT2D eigenvalue weighted by Gasteiger charge is -2.25. The SMILES string of the molecule is CNC(C)(CCSCC(=O)N1CCCC1)C(=O)OC. The Hall–Kier alpha value is -0.750. The van der Waals surface area contributed by atoms with Gasteiger partial charge in [0.15, 0.2) is 0 Å². The van der Waals surface area contributed by atoms with Crippen molar-refractivity contribution in [2.45, 2.75) is 31.7 Å². The van der Waals surface area contributed by atoms with Crippen molar-refractivity contribution in [3.8, 4) is 0 Å². The van der Waals surface area contributed by atoms with E-state index in [-0.39, 0.29) is 11.9 Å². The summed E-state index contributed by atoms with van der Waals surface area (Å²) in [5, 5.41) is 2.99. The first-order valence-electron chi connectivity index (χ1n) is 6.66. The van der Waals surface area contributed by atoms with Crippen LogP contribution in [-0.2, 0) is 14.3 Å². The molecule has 0 aliphatic carbocycles. The molecule has 1 saturated heterocycles. The van der Waals surface area contributed by atoms with Crippen molar-refractivity contribution in [1.82, 2.24) is 10.2 Å². The van der Waals surface area contributed by atoms with Gasteiger partial charge in [-0.15, -0.1) is 0 Å². The van der Waals surface area contributed by atoms with Crippen molar-refractivity contribution in [3.63, 3.8) is 0 Å². The summed E-state index contributed by atoms with van der Waals surface area (Å²) in [6.45, 7) is 3.62. The number of ether oxygens (including phenoxy) is 1. The number of hydrogen-bond donors (Lipinski definition) is 1. The Morgan fingerprint density at radius 2 is 2.00 bits per heavy atom. The number of rotatable bonds is 7. The van der Waals surface area contributed by atoms with Gasteiger partial charge in [0.2, 0.25) is 5.91 Å². The van der Waals surface area contributed by atoms with Crippen LogP contribution in [0.25, 0.3) is 0 Å². The Kier molecular flexibility index (Phi) is 6.65. The highest BCUT2D eigenvalue weighted by Gasteiger charge is 2.32. The van der Waals surface area contributed by atoms with Crippen LogP contribution in [-0.4, -0.2) is 61.1 Å². The van der Waals surface area contributed by atoms with Crippen molar-refractivity contribution in [3.05, 3.63) is 0 Å². The van der Waals surface area contributed by atoms with E-state index in [1.807, 2.05) is 11.8 Å². The topological polar surface area (TPSA) is 58.6 Å². The zero-order valence-electron chi connectivity index (χ0n) is 12.0. The molecule has 5 nitrogen and oxygen atoms in total. The van der Waals surface area contributed by atoms with Crippen LogP contribution in [0.5, 0.6) is 0 Å². The second kappa shape index (κ2) is 7.75. The average molecular weight is 288 g/mol. The van der Waals surface area contributed by atoms with Crippen LogP contribution in [0.15, 0.2) is 0 Å². The van der Waals surface area contributed by atoms with Gasteiger partial charge in [0, 0.05) is 13.1 Å². The van der Waals surface area contributed by atoms with Crippen molar-refractivity contribution in [2.24, 2.45) is 0 Å². The van der Waals surface area contributed by atoms with Crippen LogP contribution >= 0.6 is 11.8 Å². The molecule has 0 aromatic rings. The molecule has 0 saturated carbocycles. The van der Waals surface area contributed by atoms with E-state index in [1.54, 1.807) is 18.8 Å². The molecule has 1 amide bonds. The summed E-state index contributed by atoms with van der Waals surface area (Å²) in [5.74, 6) is 1.21. The predicted octanol–water partition coefficient (Wildman–Crippen LogP) is 0.883. The molecular formula is C13H24N2O3S. The Labute approximate surface area is 119 Å². The quantitative estimate of drug-likeness (QED) is 0.557. The zero-order valence-corrected chi connectivity index (χ0v) is 12.8. The number of likely N-dealkylation sites (tertiary alicyclic amines) is 1. The Morgan fingerprint density at radius 3 is 2.53 bits per heavy atom. The molecule has 6 heteroatoms.